The van der Waals surface area contributed by atoms with E-state index in [-0.39, 0.29) is 11.7 Å². The summed E-state index contributed by atoms with van der Waals surface area (Å²) in [5.41, 5.74) is 2.61. The molecular formula is C24H22N4O2. The van der Waals surface area contributed by atoms with Crippen LogP contribution in [-0.4, -0.2) is 34.2 Å². The van der Waals surface area contributed by atoms with Gasteiger partial charge in [0.2, 0.25) is 5.95 Å². The van der Waals surface area contributed by atoms with Gasteiger partial charge in [-0.3, -0.25) is 14.3 Å². The first-order valence-electron chi connectivity index (χ1n) is 10.0. The fraction of sp³-hybridized carbons (Fsp3) is 0.208. The average molecular weight is 398 g/mol. The summed E-state index contributed by atoms with van der Waals surface area (Å²) in [6.07, 6.45) is 3.32. The van der Waals surface area contributed by atoms with Crippen molar-refractivity contribution in [2.24, 2.45) is 7.05 Å². The summed E-state index contributed by atoms with van der Waals surface area (Å²) in [6, 6.07) is 19.9. The van der Waals surface area contributed by atoms with Gasteiger partial charge in [-0.05, 0) is 28.5 Å². The minimum absolute atomic E-state index is 0.0833. The van der Waals surface area contributed by atoms with Crippen molar-refractivity contribution in [2.45, 2.75) is 6.10 Å². The van der Waals surface area contributed by atoms with Crippen LogP contribution in [0.5, 0.6) is 0 Å². The maximum Gasteiger partial charge on any atom is 0.255 e. The summed E-state index contributed by atoms with van der Waals surface area (Å²) in [4.78, 5) is 23.7. The third-order valence-corrected chi connectivity index (χ3v) is 5.61. The van der Waals surface area contributed by atoms with Gasteiger partial charge in [-0.15, -0.1) is 0 Å². The van der Waals surface area contributed by atoms with Crippen LogP contribution in [0, 0.1) is 0 Å². The summed E-state index contributed by atoms with van der Waals surface area (Å²) < 4.78 is 7.75. The Balaban J connectivity index is 1.52. The lowest BCUT2D eigenvalue weighted by Crippen LogP contribution is -2.41. The highest BCUT2D eigenvalue weighted by Gasteiger charge is 2.26. The second-order valence-electron chi connectivity index (χ2n) is 7.45. The largest absolute Gasteiger partial charge is 0.370 e. The van der Waals surface area contributed by atoms with Gasteiger partial charge in [0.1, 0.15) is 6.10 Å². The first-order valence-corrected chi connectivity index (χ1v) is 10.0. The van der Waals surface area contributed by atoms with E-state index in [9.17, 15) is 4.79 Å². The van der Waals surface area contributed by atoms with Gasteiger partial charge in [0, 0.05) is 37.6 Å². The predicted octanol–water partition coefficient (Wildman–Crippen LogP) is 3.57. The zero-order valence-electron chi connectivity index (χ0n) is 16.7. The lowest BCUT2D eigenvalue weighted by molar-refractivity contribution is 0.0399. The van der Waals surface area contributed by atoms with E-state index in [0.29, 0.717) is 31.3 Å². The zero-order valence-corrected chi connectivity index (χ0v) is 16.7. The van der Waals surface area contributed by atoms with E-state index < -0.39 is 0 Å². The molecule has 0 N–H and O–H groups in total. The summed E-state index contributed by atoms with van der Waals surface area (Å²) >= 11 is 0. The minimum atomic E-state index is -0.0914. The molecule has 0 bridgehead atoms. The van der Waals surface area contributed by atoms with Gasteiger partial charge in [0.15, 0.2) is 0 Å². The molecule has 0 aliphatic carbocycles. The summed E-state index contributed by atoms with van der Waals surface area (Å²) in [7, 11) is 1.77. The molecule has 1 unspecified atom stereocenters. The monoisotopic (exact) mass is 398 g/mol. The molecule has 2 aromatic carbocycles. The minimum Gasteiger partial charge on any atom is -0.370 e. The van der Waals surface area contributed by atoms with Crippen molar-refractivity contribution in [2.75, 3.05) is 24.6 Å². The third-order valence-electron chi connectivity index (χ3n) is 5.61. The summed E-state index contributed by atoms with van der Waals surface area (Å²) in [6.45, 7) is 1.89. The quantitative estimate of drug-likeness (QED) is 0.528. The molecule has 4 aromatic rings. The average Bonchev–Trinajstić information content (AvgIpc) is 2.81. The van der Waals surface area contributed by atoms with E-state index in [1.807, 2.05) is 18.2 Å². The van der Waals surface area contributed by atoms with E-state index in [1.54, 1.807) is 30.1 Å². The highest BCUT2D eigenvalue weighted by atomic mass is 16.5. The SMILES string of the molecule is Cn1c(N2CCOC(c3cccc4ccccc34)C2)nc(-c2ccncc2)cc1=O. The fourth-order valence-corrected chi connectivity index (χ4v) is 4.03. The highest BCUT2D eigenvalue weighted by molar-refractivity contribution is 5.86. The second-order valence-corrected chi connectivity index (χ2v) is 7.45. The number of pyridine rings is 1. The number of fused-ring (bicyclic) bond motifs is 1. The Morgan fingerprint density at radius 3 is 2.70 bits per heavy atom. The van der Waals surface area contributed by atoms with Crippen LogP contribution in [0.4, 0.5) is 5.95 Å². The van der Waals surface area contributed by atoms with E-state index in [4.69, 9.17) is 9.72 Å². The van der Waals surface area contributed by atoms with Gasteiger partial charge in [0.25, 0.3) is 5.56 Å². The molecule has 5 rings (SSSR count). The molecule has 6 heteroatoms. The Labute approximate surface area is 174 Å². The van der Waals surface area contributed by atoms with Crippen molar-refractivity contribution in [3.63, 3.8) is 0 Å². The van der Waals surface area contributed by atoms with Crippen LogP contribution in [0.3, 0.4) is 0 Å². The number of aromatic nitrogens is 3. The Morgan fingerprint density at radius 2 is 1.83 bits per heavy atom. The smallest absolute Gasteiger partial charge is 0.255 e. The van der Waals surface area contributed by atoms with Crippen LogP contribution in [0.2, 0.25) is 0 Å². The standard InChI is InChI=1S/C24H22N4O2/c1-27-23(29)15-21(18-9-11-25-12-10-18)26-24(27)28-13-14-30-22(16-28)20-8-4-6-17-5-2-3-7-19(17)20/h2-12,15,22H,13-14,16H2,1H3. The normalized spacial score (nSPS) is 16.7. The molecule has 0 spiro atoms. The van der Waals surface area contributed by atoms with Crippen LogP contribution in [0.1, 0.15) is 11.7 Å². The van der Waals surface area contributed by atoms with Gasteiger partial charge in [0.05, 0.1) is 18.8 Å². The van der Waals surface area contributed by atoms with Crippen molar-refractivity contribution in [1.29, 1.82) is 0 Å². The van der Waals surface area contributed by atoms with Gasteiger partial charge in [-0.25, -0.2) is 4.98 Å². The topological polar surface area (TPSA) is 60.2 Å². The molecule has 2 aromatic heterocycles. The van der Waals surface area contributed by atoms with Crippen LogP contribution in [0.15, 0.2) is 77.9 Å². The van der Waals surface area contributed by atoms with Crippen LogP contribution >= 0.6 is 0 Å². The predicted molar refractivity (Wildman–Crippen MR) is 118 cm³/mol. The van der Waals surface area contributed by atoms with Crippen LogP contribution in [0.25, 0.3) is 22.0 Å². The number of benzene rings is 2. The Morgan fingerprint density at radius 1 is 1.03 bits per heavy atom. The molecule has 3 heterocycles. The molecule has 0 amide bonds. The summed E-state index contributed by atoms with van der Waals surface area (Å²) in [5.74, 6) is 0.655. The third kappa shape index (κ3) is 3.35. The maximum atomic E-state index is 12.7. The highest BCUT2D eigenvalue weighted by Crippen LogP contribution is 2.30. The van der Waals surface area contributed by atoms with E-state index in [0.717, 1.165) is 11.1 Å². The molecule has 1 aliphatic heterocycles. The molecule has 1 saturated heterocycles. The first-order chi connectivity index (χ1) is 14.7. The number of hydrogen-bond acceptors (Lipinski definition) is 5. The molecule has 0 saturated carbocycles. The second kappa shape index (κ2) is 7.72. The molecule has 0 radical (unpaired) electrons. The summed E-state index contributed by atoms with van der Waals surface area (Å²) in [5, 5.41) is 2.39. The lowest BCUT2D eigenvalue weighted by Gasteiger charge is -2.35. The fourth-order valence-electron chi connectivity index (χ4n) is 4.03. The van der Waals surface area contributed by atoms with Crippen molar-refractivity contribution in [1.82, 2.24) is 14.5 Å². The van der Waals surface area contributed by atoms with Crippen molar-refractivity contribution in [3.8, 4) is 11.3 Å². The van der Waals surface area contributed by atoms with Gasteiger partial charge >= 0.3 is 0 Å². The first kappa shape index (κ1) is 18.5. The van der Waals surface area contributed by atoms with Gasteiger partial charge in [-0.2, -0.15) is 0 Å². The molecule has 1 atom stereocenters. The number of hydrogen-bond donors (Lipinski definition) is 0. The van der Waals surface area contributed by atoms with Crippen molar-refractivity contribution >= 4 is 16.7 Å². The van der Waals surface area contributed by atoms with Crippen molar-refractivity contribution < 1.29 is 4.74 Å². The number of anilines is 1. The zero-order chi connectivity index (χ0) is 20.5. The van der Waals surface area contributed by atoms with E-state index >= 15 is 0 Å². The lowest BCUT2D eigenvalue weighted by atomic mass is 9.99. The molecule has 30 heavy (non-hydrogen) atoms. The Hall–Kier alpha value is -3.51. The number of nitrogens with zero attached hydrogens (tertiary/aromatic N) is 4. The number of morpholine rings is 1. The van der Waals surface area contributed by atoms with E-state index in [2.05, 4.69) is 46.3 Å². The molecule has 1 fully saturated rings. The van der Waals surface area contributed by atoms with Crippen LogP contribution in [-0.2, 0) is 11.8 Å². The van der Waals surface area contributed by atoms with Gasteiger partial charge in [-0.1, -0.05) is 42.5 Å². The van der Waals surface area contributed by atoms with Gasteiger partial charge < -0.3 is 9.64 Å². The molecule has 6 nitrogen and oxygen atoms in total. The number of rotatable bonds is 3. The van der Waals surface area contributed by atoms with Crippen molar-refractivity contribution in [3.05, 3.63) is 89.0 Å². The van der Waals surface area contributed by atoms with Crippen LogP contribution < -0.4 is 10.5 Å². The van der Waals surface area contributed by atoms with E-state index in [1.165, 1.54) is 10.8 Å². The maximum absolute atomic E-state index is 12.7. The molecular weight excluding hydrogens is 376 g/mol. The molecule has 150 valence electrons. The molecule has 1 aliphatic rings. The Kier molecular flexibility index (Phi) is 4.77. The Bertz CT molecular complexity index is 1250. The number of ether oxygens (including phenoxy) is 1.